The molecule has 0 bridgehead atoms. The molecule has 0 unspecified atom stereocenters. The van der Waals surface area contributed by atoms with E-state index in [9.17, 15) is 4.39 Å². The predicted octanol–water partition coefficient (Wildman–Crippen LogP) is 2.93. The second kappa shape index (κ2) is 4.99. The van der Waals surface area contributed by atoms with Gasteiger partial charge in [-0.1, -0.05) is 6.07 Å². The van der Waals surface area contributed by atoms with Crippen LogP contribution in [0, 0.1) is 12.7 Å². The third-order valence-corrected chi connectivity index (χ3v) is 2.47. The summed E-state index contributed by atoms with van der Waals surface area (Å²) < 4.78 is 20.4. The standard InChI is InChI=1S/C13H15FN2O/c1-3-16-12(7-10(2)15-16)9-17-13-6-4-5-11(14)8-13/h4-8H,3,9H2,1-2H3. The van der Waals surface area contributed by atoms with Gasteiger partial charge in [-0.2, -0.15) is 5.10 Å². The number of aromatic nitrogens is 2. The average molecular weight is 234 g/mol. The summed E-state index contributed by atoms with van der Waals surface area (Å²) in [6.07, 6.45) is 0. The van der Waals surface area contributed by atoms with Gasteiger partial charge in [-0.3, -0.25) is 4.68 Å². The Hall–Kier alpha value is -1.84. The van der Waals surface area contributed by atoms with Crippen LogP contribution in [0.3, 0.4) is 0 Å². The van der Waals surface area contributed by atoms with Crippen molar-refractivity contribution in [3.8, 4) is 5.75 Å². The van der Waals surface area contributed by atoms with Crippen LogP contribution in [0.4, 0.5) is 4.39 Å². The quantitative estimate of drug-likeness (QED) is 0.813. The predicted molar refractivity (Wildman–Crippen MR) is 63.4 cm³/mol. The molecule has 0 aliphatic rings. The van der Waals surface area contributed by atoms with Crippen molar-refractivity contribution in [2.24, 2.45) is 0 Å². The maximum absolute atomic E-state index is 12.9. The molecule has 2 rings (SSSR count). The fraction of sp³-hybridized carbons (Fsp3) is 0.308. The largest absolute Gasteiger partial charge is 0.487 e. The van der Waals surface area contributed by atoms with E-state index in [1.807, 2.05) is 24.6 Å². The zero-order valence-electron chi connectivity index (χ0n) is 9.98. The van der Waals surface area contributed by atoms with Crippen LogP contribution < -0.4 is 4.74 Å². The summed E-state index contributed by atoms with van der Waals surface area (Å²) in [6, 6.07) is 8.12. The minimum absolute atomic E-state index is 0.289. The van der Waals surface area contributed by atoms with E-state index in [1.165, 1.54) is 12.1 Å². The van der Waals surface area contributed by atoms with Crippen molar-refractivity contribution in [1.82, 2.24) is 9.78 Å². The first-order valence-electron chi connectivity index (χ1n) is 5.60. The molecule has 0 fully saturated rings. The van der Waals surface area contributed by atoms with Crippen molar-refractivity contribution in [1.29, 1.82) is 0 Å². The number of hydrogen-bond acceptors (Lipinski definition) is 2. The fourth-order valence-electron chi connectivity index (χ4n) is 1.70. The molecule has 1 aromatic heterocycles. The third-order valence-electron chi connectivity index (χ3n) is 2.47. The SMILES string of the molecule is CCn1nc(C)cc1COc1cccc(F)c1. The van der Waals surface area contributed by atoms with Crippen LogP contribution in [0.25, 0.3) is 0 Å². The van der Waals surface area contributed by atoms with Gasteiger partial charge in [0.2, 0.25) is 0 Å². The highest BCUT2D eigenvalue weighted by Gasteiger charge is 2.05. The Bertz CT molecular complexity index is 508. The number of rotatable bonds is 4. The number of halogens is 1. The van der Waals surface area contributed by atoms with E-state index in [4.69, 9.17) is 4.74 Å². The number of hydrogen-bond donors (Lipinski definition) is 0. The van der Waals surface area contributed by atoms with Gasteiger partial charge in [0.1, 0.15) is 18.2 Å². The molecule has 0 saturated carbocycles. The van der Waals surface area contributed by atoms with E-state index in [-0.39, 0.29) is 5.82 Å². The zero-order valence-corrected chi connectivity index (χ0v) is 9.98. The fourth-order valence-corrected chi connectivity index (χ4v) is 1.70. The second-order valence-electron chi connectivity index (χ2n) is 3.84. The van der Waals surface area contributed by atoms with Crippen LogP contribution in [-0.4, -0.2) is 9.78 Å². The van der Waals surface area contributed by atoms with Crippen molar-refractivity contribution in [3.63, 3.8) is 0 Å². The zero-order chi connectivity index (χ0) is 12.3. The van der Waals surface area contributed by atoms with Gasteiger partial charge in [0.25, 0.3) is 0 Å². The van der Waals surface area contributed by atoms with Gasteiger partial charge in [-0.25, -0.2) is 4.39 Å². The number of aryl methyl sites for hydroxylation is 2. The summed E-state index contributed by atoms with van der Waals surface area (Å²) in [5.74, 6) is 0.245. The highest BCUT2D eigenvalue weighted by atomic mass is 19.1. The Labute approximate surface area is 99.8 Å². The van der Waals surface area contributed by atoms with Crippen LogP contribution in [0.2, 0.25) is 0 Å². The minimum atomic E-state index is -0.289. The molecule has 2 aromatic rings. The normalized spacial score (nSPS) is 10.5. The molecule has 1 heterocycles. The molecule has 0 aliphatic carbocycles. The average Bonchev–Trinajstić information content (AvgIpc) is 2.67. The summed E-state index contributed by atoms with van der Waals surface area (Å²) in [4.78, 5) is 0. The number of ether oxygens (including phenoxy) is 1. The highest BCUT2D eigenvalue weighted by molar-refractivity contribution is 5.22. The lowest BCUT2D eigenvalue weighted by atomic mass is 10.3. The molecule has 0 N–H and O–H groups in total. The molecule has 0 amide bonds. The van der Waals surface area contributed by atoms with Crippen LogP contribution in [0.1, 0.15) is 18.3 Å². The van der Waals surface area contributed by atoms with Gasteiger partial charge in [-0.05, 0) is 32.0 Å². The van der Waals surface area contributed by atoms with E-state index in [0.29, 0.717) is 12.4 Å². The van der Waals surface area contributed by atoms with Gasteiger partial charge in [0, 0.05) is 12.6 Å². The highest BCUT2D eigenvalue weighted by Crippen LogP contribution is 2.14. The molecular weight excluding hydrogens is 219 g/mol. The lowest BCUT2D eigenvalue weighted by Crippen LogP contribution is -2.06. The smallest absolute Gasteiger partial charge is 0.130 e. The molecule has 0 radical (unpaired) electrons. The van der Waals surface area contributed by atoms with Crippen LogP contribution >= 0.6 is 0 Å². The summed E-state index contributed by atoms with van der Waals surface area (Å²) in [7, 11) is 0. The molecule has 0 atom stereocenters. The van der Waals surface area contributed by atoms with Crippen molar-refractivity contribution in [3.05, 3.63) is 47.5 Å². The molecule has 3 nitrogen and oxygen atoms in total. The molecule has 0 aliphatic heterocycles. The molecule has 90 valence electrons. The van der Waals surface area contributed by atoms with Gasteiger partial charge >= 0.3 is 0 Å². The monoisotopic (exact) mass is 234 g/mol. The maximum Gasteiger partial charge on any atom is 0.130 e. The van der Waals surface area contributed by atoms with Crippen molar-refractivity contribution in [2.75, 3.05) is 0 Å². The molecule has 0 saturated heterocycles. The molecule has 1 aromatic carbocycles. The van der Waals surface area contributed by atoms with Crippen LogP contribution in [-0.2, 0) is 13.2 Å². The van der Waals surface area contributed by atoms with Crippen LogP contribution in [0.15, 0.2) is 30.3 Å². The van der Waals surface area contributed by atoms with Gasteiger partial charge in [-0.15, -0.1) is 0 Å². The minimum Gasteiger partial charge on any atom is -0.487 e. The van der Waals surface area contributed by atoms with E-state index in [1.54, 1.807) is 12.1 Å². The first-order chi connectivity index (χ1) is 8.19. The Morgan fingerprint density at radius 3 is 2.88 bits per heavy atom. The van der Waals surface area contributed by atoms with Crippen molar-refractivity contribution >= 4 is 0 Å². The Morgan fingerprint density at radius 1 is 1.35 bits per heavy atom. The Kier molecular flexibility index (Phi) is 3.42. The van der Waals surface area contributed by atoms with E-state index < -0.39 is 0 Å². The maximum atomic E-state index is 12.9. The topological polar surface area (TPSA) is 27.1 Å². The Morgan fingerprint density at radius 2 is 2.18 bits per heavy atom. The van der Waals surface area contributed by atoms with E-state index in [2.05, 4.69) is 5.10 Å². The summed E-state index contributed by atoms with van der Waals surface area (Å²) in [5.41, 5.74) is 1.96. The van der Waals surface area contributed by atoms with E-state index in [0.717, 1.165) is 17.9 Å². The summed E-state index contributed by atoms with van der Waals surface area (Å²) in [5, 5.41) is 4.32. The van der Waals surface area contributed by atoms with Crippen LogP contribution in [0.5, 0.6) is 5.75 Å². The lowest BCUT2D eigenvalue weighted by molar-refractivity contribution is 0.291. The van der Waals surface area contributed by atoms with Crippen molar-refractivity contribution in [2.45, 2.75) is 27.0 Å². The number of benzene rings is 1. The molecular formula is C13H15FN2O. The lowest BCUT2D eigenvalue weighted by Gasteiger charge is -2.07. The van der Waals surface area contributed by atoms with Gasteiger partial charge in [0.05, 0.1) is 11.4 Å². The molecule has 0 spiro atoms. The van der Waals surface area contributed by atoms with Crippen molar-refractivity contribution < 1.29 is 9.13 Å². The Balaban J connectivity index is 2.06. The van der Waals surface area contributed by atoms with E-state index >= 15 is 0 Å². The summed E-state index contributed by atoms with van der Waals surface area (Å²) >= 11 is 0. The van der Waals surface area contributed by atoms with Gasteiger partial charge in [0.15, 0.2) is 0 Å². The first-order valence-corrected chi connectivity index (χ1v) is 5.60. The van der Waals surface area contributed by atoms with Gasteiger partial charge < -0.3 is 4.74 Å². The molecule has 17 heavy (non-hydrogen) atoms. The first kappa shape index (κ1) is 11.6. The molecule has 4 heteroatoms. The third kappa shape index (κ3) is 2.84. The number of nitrogens with zero attached hydrogens (tertiary/aromatic N) is 2. The summed E-state index contributed by atoms with van der Waals surface area (Å²) in [6.45, 7) is 5.17. The second-order valence-corrected chi connectivity index (χ2v) is 3.84.